The smallest absolute Gasteiger partial charge is 0.151 e. The van der Waals surface area contributed by atoms with E-state index >= 15 is 0 Å². The highest BCUT2D eigenvalue weighted by atomic mass is 16.5. The lowest BCUT2D eigenvalue weighted by molar-refractivity contribution is 0.212. The molecule has 1 aromatic heterocycles. The second kappa shape index (κ2) is 8.33. The summed E-state index contributed by atoms with van der Waals surface area (Å²) >= 11 is 0. The first-order valence-corrected chi connectivity index (χ1v) is 7.76. The number of nitrogens with zero attached hydrogens (tertiary/aromatic N) is 2. The van der Waals surface area contributed by atoms with E-state index < -0.39 is 0 Å². The summed E-state index contributed by atoms with van der Waals surface area (Å²) in [5.41, 5.74) is 1.02. The molecular formula is C15H27N3O. The maximum absolute atomic E-state index is 5.44. The van der Waals surface area contributed by atoms with Crippen molar-refractivity contribution in [3.05, 3.63) is 17.5 Å². The Morgan fingerprint density at radius 3 is 2.68 bits per heavy atom. The average Bonchev–Trinajstić information content (AvgIpc) is 2.81. The highest BCUT2D eigenvalue weighted by Gasteiger charge is 2.11. The zero-order valence-corrected chi connectivity index (χ0v) is 12.2. The average molecular weight is 265 g/mol. The normalized spacial score (nSPS) is 18.2. The van der Waals surface area contributed by atoms with E-state index in [4.69, 9.17) is 4.52 Å². The van der Waals surface area contributed by atoms with Crippen LogP contribution in [0, 0.1) is 0 Å². The van der Waals surface area contributed by atoms with Crippen LogP contribution in [-0.2, 0) is 13.1 Å². The number of hydrogen-bond donors (Lipinski definition) is 1. The van der Waals surface area contributed by atoms with Crippen molar-refractivity contribution in [3.8, 4) is 0 Å². The van der Waals surface area contributed by atoms with Crippen LogP contribution in [0.3, 0.4) is 0 Å². The van der Waals surface area contributed by atoms with Gasteiger partial charge in [-0.25, -0.2) is 0 Å². The SMILES string of the molecule is CCCNCc1cc(CN2CCCCCCC2)on1. The van der Waals surface area contributed by atoms with Crippen LogP contribution in [0.2, 0.25) is 0 Å². The molecule has 1 aliphatic heterocycles. The summed E-state index contributed by atoms with van der Waals surface area (Å²) in [5.74, 6) is 1.01. The topological polar surface area (TPSA) is 41.3 Å². The molecule has 0 amide bonds. The van der Waals surface area contributed by atoms with Crippen molar-refractivity contribution in [1.82, 2.24) is 15.4 Å². The third-order valence-electron chi connectivity index (χ3n) is 3.67. The van der Waals surface area contributed by atoms with Crippen LogP contribution in [0.1, 0.15) is 56.9 Å². The van der Waals surface area contributed by atoms with E-state index in [1.807, 2.05) is 0 Å². The van der Waals surface area contributed by atoms with E-state index in [-0.39, 0.29) is 0 Å². The molecular weight excluding hydrogens is 238 g/mol. The van der Waals surface area contributed by atoms with Gasteiger partial charge >= 0.3 is 0 Å². The van der Waals surface area contributed by atoms with Gasteiger partial charge in [0.2, 0.25) is 0 Å². The molecule has 0 spiro atoms. The molecule has 0 aliphatic carbocycles. The molecule has 108 valence electrons. The third kappa shape index (κ3) is 5.33. The van der Waals surface area contributed by atoms with Crippen LogP contribution < -0.4 is 5.32 Å². The molecule has 4 nitrogen and oxygen atoms in total. The summed E-state index contributed by atoms with van der Waals surface area (Å²) in [7, 11) is 0. The minimum Gasteiger partial charge on any atom is -0.360 e. The van der Waals surface area contributed by atoms with Crippen molar-refractivity contribution in [1.29, 1.82) is 0 Å². The van der Waals surface area contributed by atoms with Gasteiger partial charge in [0.05, 0.1) is 12.2 Å². The molecule has 0 bridgehead atoms. The molecule has 0 aromatic carbocycles. The second-order valence-electron chi connectivity index (χ2n) is 5.51. The zero-order valence-electron chi connectivity index (χ0n) is 12.2. The lowest BCUT2D eigenvalue weighted by Crippen LogP contribution is -2.26. The Morgan fingerprint density at radius 1 is 1.21 bits per heavy atom. The van der Waals surface area contributed by atoms with Gasteiger partial charge in [-0.05, 0) is 38.9 Å². The molecule has 4 heteroatoms. The highest BCUT2D eigenvalue weighted by Crippen LogP contribution is 2.14. The molecule has 19 heavy (non-hydrogen) atoms. The van der Waals surface area contributed by atoms with Crippen molar-refractivity contribution in [2.45, 2.75) is 58.5 Å². The van der Waals surface area contributed by atoms with Crippen molar-refractivity contribution in [2.24, 2.45) is 0 Å². The van der Waals surface area contributed by atoms with Gasteiger partial charge in [-0.1, -0.05) is 31.3 Å². The summed E-state index contributed by atoms with van der Waals surface area (Å²) in [6.07, 6.45) is 7.94. The van der Waals surface area contributed by atoms with Gasteiger partial charge in [0.25, 0.3) is 0 Å². The fourth-order valence-corrected chi connectivity index (χ4v) is 2.60. The van der Waals surface area contributed by atoms with Gasteiger partial charge in [0.1, 0.15) is 0 Å². The molecule has 2 heterocycles. The maximum atomic E-state index is 5.44. The van der Waals surface area contributed by atoms with E-state index in [2.05, 4.69) is 28.4 Å². The Bertz CT molecular complexity index is 343. The number of aromatic nitrogens is 1. The minimum absolute atomic E-state index is 0.817. The van der Waals surface area contributed by atoms with Crippen LogP contribution in [0.5, 0.6) is 0 Å². The van der Waals surface area contributed by atoms with Crippen LogP contribution in [0.25, 0.3) is 0 Å². The second-order valence-corrected chi connectivity index (χ2v) is 5.51. The molecule has 1 N–H and O–H groups in total. The van der Waals surface area contributed by atoms with Crippen molar-refractivity contribution in [2.75, 3.05) is 19.6 Å². The lowest BCUT2D eigenvalue weighted by atomic mass is 10.1. The molecule has 0 radical (unpaired) electrons. The van der Waals surface area contributed by atoms with E-state index in [1.165, 1.54) is 45.2 Å². The number of likely N-dealkylation sites (tertiary alicyclic amines) is 1. The number of nitrogens with one attached hydrogen (secondary N) is 1. The molecule has 1 saturated heterocycles. The molecule has 2 rings (SSSR count). The number of rotatable bonds is 6. The fraction of sp³-hybridized carbons (Fsp3) is 0.800. The Balaban J connectivity index is 1.77. The predicted molar refractivity (Wildman–Crippen MR) is 76.9 cm³/mol. The van der Waals surface area contributed by atoms with Gasteiger partial charge in [0, 0.05) is 12.6 Å². The van der Waals surface area contributed by atoms with Crippen LogP contribution in [-0.4, -0.2) is 29.7 Å². The first kappa shape index (κ1) is 14.5. The molecule has 0 saturated carbocycles. The Labute approximate surface area is 116 Å². The standard InChI is InChI=1S/C15H27N3O/c1-2-8-16-12-14-11-15(19-17-14)13-18-9-6-4-3-5-7-10-18/h11,16H,2-10,12-13H2,1H3. The lowest BCUT2D eigenvalue weighted by Gasteiger charge is -2.22. The first-order chi connectivity index (χ1) is 9.38. The Morgan fingerprint density at radius 2 is 1.95 bits per heavy atom. The quantitative estimate of drug-likeness (QED) is 0.803. The number of hydrogen-bond acceptors (Lipinski definition) is 4. The highest BCUT2D eigenvalue weighted by molar-refractivity contribution is 5.05. The summed E-state index contributed by atoms with van der Waals surface area (Å²) < 4.78 is 5.44. The van der Waals surface area contributed by atoms with Crippen molar-refractivity contribution >= 4 is 0 Å². The van der Waals surface area contributed by atoms with Gasteiger partial charge in [-0.3, -0.25) is 4.90 Å². The Kier molecular flexibility index (Phi) is 6.37. The third-order valence-corrected chi connectivity index (χ3v) is 3.67. The van der Waals surface area contributed by atoms with E-state index in [0.29, 0.717) is 0 Å². The molecule has 0 unspecified atom stereocenters. The first-order valence-electron chi connectivity index (χ1n) is 7.76. The van der Waals surface area contributed by atoms with Crippen molar-refractivity contribution in [3.63, 3.8) is 0 Å². The maximum Gasteiger partial charge on any atom is 0.151 e. The van der Waals surface area contributed by atoms with E-state index in [1.54, 1.807) is 0 Å². The summed E-state index contributed by atoms with van der Waals surface area (Å²) in [6.45, 7) is 7.34. The molecule has 1 aromatic rings. The summed E-state index contributed by atoms with van der Waals surface area (Å²) in [5, 5.41) is 7.48. The van der Waals surface area contributed by atoms with Crippen LogP contribution in [0.4, 0.5) is 0 Å². The Hall–Kier alpha value is -0.870. The van der Waals surface area contributed by atoms with Gasteiger partial charge in [0.15, 0.2) is 5.76 Å². The van der Waals surface area contributed by atoms with Gasteiger partial charge in [-0.15, -0.1) is 0 Å². The van der Waals surface area contributed by atoms with Gasteiger partial charge in [-0.2, -0.15) is 0 Å². The van der Waals surface area contributed by atoms with Crippen LogP contribution in [0.15, 0.2) is 10.6 Å². The zero-order chi connectivity index (χ0) is 13.3. The molecule has 0 atom stereocenters. The van der Waals surface area contributed by atoms with E-state index in [9.17, 15) is 0 Å². The van der Waals surface area contributed by atoms with Gasteiger partial charge < -0.3 is 9.84 Å². The molecule has 1 fully saturated rings. The fourth-order valence-electron chi connectivity index (χ4n) is 2.60. The summed E-state index contributed by atoms with van der Waals surface area (Å²) in [6, 6.07) is 2.10. The van der Waals surface area contributed by atoms with E-state index in [0.717, 1.165) is 37.5 Å². The minimum atomic E-state index is 0.817. The van der Waals surface area contributed by atoms with Crippen LogP contribution >= 0.6 is 0 Å². The summed E-state index contributed by atoms with van der Waals surface area (Å²) in [4.78, 5) is 2.50. The predicted octanol–water partition coefficient (Wildman–Crippen LogP) is 2.94. The largest absolute Gasteiger partial charge is 0.360 e. The monoisotopic (exact) mass is 265 g/mol. The molecule has 1 aliphatic rings. The van der Waals surface area contributed by atoms with Crippen molar-refractivity contribution < 1.29 is 4.52 Å².